The molecule has 0 unspecified atom stereocenters. The lowest BCUT2D eigenvalue weighted by Gasteiger charge is -2.12. The van der Waals surface area contributed by atoms with Gasteiger partial charge in [0.05, 0.1) is 11.2 Å². The minimum atomic E-state index is 0.864. The van der Waals surface area contributed by atoms with E-state index in [-0.39, 0.29) is 0 Å². The SMILES string of the molecule is c1ccc(-c2cc(-c3ccccc3)nc(-n3c4ccc5sc6ccccc6c5c4c4cccnc43)c2)cc1. The van der Waals surface area contributed by atoms with Gasteiger partial charge in [0.2, 0.25) is 0 Å². The molecule has 178 valence electrons. The highest BCUT2D eigenvalue weighted by Crippen LogP contribution is 2.43. The third-order valence-electron chi connectivity index (χ3n) is 7.25. The number of hydrogen-bond donors (Lipinski definition) is 0. The normalized spacial score (nSPS) is 11.7. The first-order valence-electron chi connectivity index (χ1n) is 12.7. The number of fused-ring (bicyclic) bond motifs is 7. The van der Waals surface area contributed by atoms with E-state index in [9.17, 15) is 0 Å². The molecule has 0 aliphatic heterocycles. The van der Waals surface area contributed by atoms with E-state index in [1.807, 2.05) is 29.7 Å². The van der Waals surface area contributed by atoms with Gasteiger partial charge in [0, 0.05) is 42.7 Å². The van der Waals surface area contributed by atoms with E-state index in [2.05, 4.69) is 114 Å². The summed E-state index contributed by atoms with van der Waals surface area (Å²) in [5.41, 5.74) is 6.35. The Kier molecular flexibility index (Phi) is 4.69. The van der Waals surface area contributed by atoms with Crippen LogP contribution in [0.3, 0.4) is 0 Å². The molecule has 8 rings (SSSR count). The summed E-state index contributed by atoms with van der Waals surface area (Å²) in [6, 6.07) is 42.7. The van der Waals surface area contributed by atoms with Crippen molar-refractivity contribution in [3.05, 3.63) is 128 Å². The summed E-state index contributed by atoms with van der Waals surface area (Å²) < 4.78 is 4.82. The highest BCUT2D eigenvalue weighted by atomic mass is 32.1. The summed E-state index contributed by atoms with van der Waals surface area (Å²) >= 11 is 1.84. The van der Waals surface area contributed by atoms with Crippen molar-refractivity contribution >= 4 is 53.4 Å². The zero-order valence-electron chi connectivity index (χ0n) is 20.4. The summed E-state index contributed by atoms with van der Waals surface area (Å²) in [7, 11) is 0. The van der Waals surface area contributed by atoms with E-state index < -0.39 is 0 Å². The van der Waals surface area contributed by atoms with Crippen LogP contribution in [0.2, 0.25) is 0 Å². The zero-order chi connectivity index (χ0) is 25.1. The van der Waals surface area contributed by atoms with Gasteiger partial charge < -0.3 is 0 Å². The van der Waals surface area contributed by atoms with E-state index in [0.717, 1.165) is 44.8 Å². The molecule has 0 N–H and O–H groups in total. The molecular formula is C34H21N3S. The van der Waals surface area contributed by atoms with Gasteiger partial charge >= 0.3 is 0 Å². The van der Waals surface area contributed by atoms with E-state index in [1.165, 1.54) is 25.6 Å². The van der Waals surface area contributed by atoms with Crippen molar-refractivity contribution in [3.8, 4) is 28.2 Å². The molecule has 0 fully saturated rings. The first-order chi connectivity index (χ1) is 18.8. The molecule has 0 spiro atoms. The van der Waals surface area contributed by atoms with Crippen molar-refractivity contribution in [2.45, 2.75) is 0 Å². The maximum Gasteiger partial charge on any atom is 0.146 e. The Balaban J connectivity index is 1.51. The monoisotopic (exact) mass is 503 g/mol. The molecule has 0 saturated carbocycles. The van der Waals surface area contributed by atoms with E-state index in [1.54, 1.807) is 0 Å². The number of nitrogens with zero attached hydrogens (tertiary/aromatic N) is 3. The second kappa shape index (κ2) is 8.37. The number of hydrogen-bond acceptors (Lipinski definition) is 3. The van der Waals surface area contributed by atoms with E-state index in [4.69, 9.17) is 9.97 Å². The Hall–Kier alpha value is -4.80. The van der Waals surface area contributed by atoms with Gasteiger partial charge in [0.25, 0.3) is 0 Å². The lowest BCUT2D eigenvalue weighted by molar-refractivity contribution is 1.06. The topological polar surface area (TPSA) is 30.7 Å². The van der Waals surface area contributed by atoms with Crippen molar-refractivity contribution in [3.63, 3.8) is 0 Å². The van der Waals surface area contributed by atoms with Crippen LogP contribution in [0.4, 0.5) is 0 Å². The van der Waals surface area contributed by atoms with Crippen LogP contribution in [0.15, 0.2) is 128 Å². The zero-order valence-corrected chi connectivity index (χ0v) is 21.2. The Morgan fingerprint density at radius 2 is 1.29 bits per heavy atom. The van der Waals surface area contributed by atoms with Crippen LogP contribution in [0.5, 0.6) is 0 Å². The predicted molar refractivity (Wildman–Crippen MR) is 160 cm³/mol. The summed E-state index contributed by atoms with van der Waals surface area (Å²) in [6.45, 7) is 0. The van der Waals surface area contributed by atoms with Crippen LogP contribution in [0, 0.1) is 0 Å². The first kappa shape index (κ1) is 21.3. The second-order valence-electron chi connectivity index (χ2n) is 9.47. The number of aromatic nitrogens is 3. The number of benzene rings is 4. The predicted octanol–water partition coefficient (Wildman–Crippen LogP) is 9.28. The lowest BCUT2D eigenvalue weighted by atomic mass is 10.0. The maximum absolute atomic E-state index is 5.23. The molecule has 38 heavy (non-hydrogen) atoms. The molecule has 0 radical (unpaired) electrons. The van der Waals surface area contributed by atoms with Crippen LogP contribution < -0.4 is 0 Å². The molecule has 3 nitrogen and oxygen atoms in total. The highest BCUT2D eigenvalue weighted by Gasteiger charge is 2.20. The van der Waals surface area contributed by atoms with Crippen molar-refractivity contribution in [1.82, 2.24) is 14.5 Å². The number of thiophene rings is 1. The minimum Gasteiger partial charge on any atom is -0.278 e. The summed E-state index contributed by atoms with van der Waals surface area (Å²) in [5.74, 6) is 0.864. The minimum absolute atomic E-state index is 0.864. The number of pyridine rings is 2. The molecule has 0 saturated heterocycles. The lowest BCUT2D eigenvalue weighted by Crippen LogP contribution is -2.01. The van der Waals surface area contributed by atoms with Gasteiger partial charge in [0.15, 0.2) is 0 Å². The molecule has 4 aromatic heterocycles. The van der Waals surface area contributed by atoms with Gasteiger partial charge in [-0.05, 0) is 53.6 Å². The van der Waals surface area contributed by atoms with Crippen LogP contribution in [0.25, 0.3) is 70.3 Å². The fourth-order valence-corrected chi connectivity index (χ4v) is 6.68. The van der Waals surface area contributed by atoms with Crippen molar-refractivity contribution in [1.29, 1.82) is 0 Å². The molecule has 0 amide bonds. The largest absolute Gasteiger partial charge is 0.278 e. The van der Waals surface area contributed by atoms with Gasteiger partial charge in [-0.25, -0.2) is 9.97 Å². The molecule has 0 atom stereocenters. The highest BCUT2D eigenvalue weighted by molar-refractivity contribution is 7.26. The molecule has 4 heteroatoms. The van der Waals surface area contributed by atoms with Gasteiger partial charge in [-0.2, -0.15) is 0 Å². The third kappa shape index (κ3) is 3.21. The fraction of sp³-hybridized carbons (Fsp3) is 0. The van der Waals surface area contributed by atoms with Gasteiger partial charge in [0.1, 0.15) is 11.5 Å². The van der Waals surface area contributed by atoms with Crippen LogP contribution in [-0.2, 0) is 0 Å². The summed E-state index contributed by atoms with van der Waals surface area (Å²) in [5, 5.41) is 4.96. The maximum atomic E-state index is 5.23. The van der Waals surface area contributed by atoms with E-state index >= 15 is 0 Å². The fourth-order valence-electron chi connectivity index (χ4n) is 5.57. The quantitative estimate of drug-likeness (QED) is 0.240. The Morgan fingerprint density at radius 1 is 0.553 bits per heavy atom. The third-order valence-corrected chi connectivity index (χ3v) is 8.38. The average Bonchev–Trinajstić information content (AvgIpc) is 3.53. The van der Waals surface area contributed by atoms with Crippen molar-refractivity contribution in [2.24, 2.45) is 0 Å². The molecule has 8 aromatic rings. The van der Waals surface area contributed by atoms with E-state index in [0.29, 0.717) is 0 Å². The van der Waals surface area contributed by atoms with Crippen molar-refractivity contribution in [2.75, 3.05) is 0 Å². The van der Waals surface area contributed by atoms with Crippen LogP contribution in [0.1, 0.15) is 0 Å². The molecule has 0 aliphatic carbocycles. The Labute approximate surface area is 223 Å². The molecule has 4 aromatic carbocycles. The van der Waals surface area contributed by atoms with Gasteiger partial charge in [-0.3, -0.25) is 4.57 Å². The van der Waals surface area contributed by atoms with Gasteiger partial charge in [-0.1, -0.05) is 78.9 Å². The van der Waals surface area contributed by atoms with Crippen LogP contribution >= 0.6 is 11.3 Å². The standard InChI is InChI=1S/C34H21N3S/c1-3-10-22(11-4-1)24-20-27(23-12-5-2-6-13-23)36-31(21-24)37-28-17-18-30-33(25-14-7-8-16-29(25)38-30)32(28)26-15-9-19-35-34(26)37/h1-21H. The first-order valence-corrected chi connectivity index (χ1v) is 13.5. The Bertz CT molecular complexity index is 2070. The van der Waals surface area contributed by atoms with Gasteiger partial charge in [-0.15, -0.1) is 11.3 Å². The summed E-state index contributed by atoms with van der Waals surface area (Å²) in [6.07, 6.45) is 1.87. The Morgan fingerprint density at radius 3 is 2.13 bits per heavy atom. The average molecular weight is 504 g/mol. The molecule has 0 aliphatic rings. The second-order valence-corrected chi connectivity index (χ2v) is 10.6. The molecule has 4 heterocycles. The summed E-state index contributed by atoms with van der Waals surface area (Å²) in [4.78, 5) is 10.1. The molecular weight excluding hydrogens is 482 g/mol. The van der Waals surface area contributed by atoms with Crippen molar-refractivity contribution < 1.29 is 0 Å². The van der Waals surface area contributed by atoms with Crippen LogP contribution in [-0.4, -0.2) is 14.5 Å². The number of rotatable bonds is 3. The molecule has 0 bridgehead atoms. The smallest absolute Gasteiger partial charge is 0.146 e.